The van der Waals surface area contributed by atoms with E-state index in [9.17, 15) is 19.7 Å². The number of allylic oxidation sites excluding steroid dienone is 1. The molecule has 1 aromatic carbocycles. The van der Waals surface area contributed by atoms with Gasteiger partial charge in [-0.3, -0.25) is 19.7 Å². The molecule has 8 heteroatoms. The van der Waals surface area contributed by atoms with Gasteiger partial charge in [0.1, 0.15) is 0 Å². The number of hydrogen-bond acceptors (Lipinski definition) is 5. The topological polar surface area (TPSA) is 101 Å². The van der Waals surface area contributed by atoms with Crippen LogP contribution >= 0.6 is 11.3 Å². The molecule has 27 heavy (non-hydrogen) atoms. The largest absolute Gasteiger partial charge is 0.351 e. The molecule has 1 heterocycles. The molecule has 2 aromatic rings. The summed E-state index contributed by atoms with van der Waals surface area (Å²) >= 11 is 1.28. The predicted octanol–water partition coefficient (Wildman–Crippen LogP) is 3.26. The van der Waals surface area contributed by atoms with Crippen LogP contribution in [0.25, 0.3) is 10.1 Å². The van der Waals surface area contributed by atoms with E-state index in [2.05, 4.69) is 17.2 Å². The Balaban J connectivity index is 1.59. The van der Waals surface area contributed by atoms with Gasteiger partial charge < -0.3 is 10.6 Å². The zero-order valence-electron chi connectivity index (χ0n) is 14.9. The third-order valence-corrected chi connectivity index (χ3v) is 5.88. The van der Waals surface area contributed by atoms with Crippen molar-refractivity contribution in [1.29, 1.82) is 0 Å². The van der Waals surface area contributed by atoms with Gasteiger partial charge in [0.15, 0.2) is 0 Å². The molecule has 3 atom stereocenters. The Morgan fingerprint density at radius 3 is 2.85 bits per heavy atom. The van der Waals surface area contributed by atoms with Crippen LogP contribution in [0.2, 0.25) is 0 Å². The number of nitrogens with zero attached hydrogens (tertiary/aromatic N) is 1. The Hall–Kier alpha value is -2.74. The number of nitro groups is 1. The van der Waals surface area contributed by atoms with Gasteiger partial charge in [0.25, 0.3) is 11.6 Å². The third kappa shape index (κ3) is 4.33. The molecule has 1 aliphatic carbocycles. The SMILES string of the molecule is C=C[C@H]1C[C@H]1C(=O)N[C@H](CC)CNC(=O)c1cc2cc([N+](=O)[O-])ccc2s1. The fourth-order valence-corrected chi connectivity index (χ4v) is 3.90. The van der Waals surface area contributed by atoms with Gasteiger partial charge in [0.2, 0.25) is 5.91 Å². The van der Waals surface area contributed by atoms with Gasteiger partial charge in [0, 0.05) is 40.7 Å². The summed E-state index contributed by atoms with van der Waals surface area (Å²) in [5.41, 5.74) is -0.000998. The van der Waals surface area contributed by atoms with E-state index in [1.807, 2.05) is 6.92 Å². The first-order valence-electron chi connectivity index (χ1n) is 8.82. The highest BCUT2D eigenvalue weighted by Gasteiger charge is 2.41. The van der Waals surface area contributed by atoms with Crippen molar-refractivity contribution in [3.8, 4) is 0 Å². The Bertz CT molecular complexity index is 907. The first-order valence-corrected chi connectivity index (χ1v) is 9.63. The second-order valence-electron chi connectivity index (χ2n) is 6.66. The third-order valence-electron chi connectivity index (χ3n) is 4.76. The van der Waals surface area contributed by atoms with Gasteiger partial charge in [-0.15, -0.1) is 17.9 Å². The van der Waals surface area contributed by atoms with Crippen molar-refractivity contribution in [3.05, 3.63) is 51.9 Å². The lowest BCUT2D eigenvalue weighted by atomic mass is 10.2. The molecule has 0 spiro atoms. The van der Waals surface area contributed by atoms with E-state index in [1.54, 1.807) is 18.2 Å². The highest BCUT2D eigenvalue weighted by molar-refractivity contribution is 7.20. The fraction of sp³-hybridized carbons (Fsp3) is 0.368. The number of fused-ring (bicyclic) bond motifs is 1. The van der Waals surface area contributed by atoms with Crippen LogP contribution in [0.1, 0.15) is 29.4 Å². The summed E-state index contributed by atoms with van der Waals surface area (Å²) in [4.78, 5) is 35.5. The fourth-order valence-electron chi connectivity index (χ4n) is 2.94. The molecule has 1 fully saturated rings. The first kappa shape index (κ1) is 19.0. The molecule has 142 valence electrons. The van der Waals surface area contributed by atoms with Crippen LogP contribution in [0, 0.1) is 22.0 Å². The molecule has 1 aliphatic rings. The standard InChI is InChI=1S/C19H21N3O4S/c1-3-11-8-15(11)18(23)21-13(4-2)10-20-19(24)17-9-12-7-14(22(25)26)5-6-16(12)27-17/h3,5-7,9,11,13,15H,1,4,8,10H2,2H3,(H,20,24)(H,21,23)/t11-,13+,15+/m0/s1. The van der Waals surface area contributed by atoms with E-state index >= 15 is 0 Å². The molecule has 2 amide bonds. The number of carbonyl (C=O) groups is 2. The molecule has 7 nitrogen and oxygen atoms in total. The second-order valence-corrected chi connectivity index (χ2v) is 7.74. The minimum atomic E-state index is -0.456. The van der Waals surface area contributed by atoms with Gasteiger partial charge >= 0.3 is 0 Å². The summed E-state index contributed by atoms with van der Waals surface area (Å²) in [5.74, 6) is 0.0300. The summed E-state index contributed by atoms with van der Waals surface area (Å²) < 4.78 is 0.815. The average molecular weight is 387 g/mol. The summed E-state index contributed by atoms with van der Waals surface area (Å²) in [7, 11) is 0. The van der Waals surface area contributed by atoms with Crippen molar-refractivity contribution in [2.75, 3.05) is 6.54 Å². The smallest absolute Gasteiger partial charge is 0.270 e. The van der Waals surface area contributed by atoms with Crippen LogP contribution in [0.5, 0.6) is 0 Å². The molecule has 2 N–H and O–H groups in total. The number of rotatable bonds is 8. The minimum Gasteiger partial charge on any atom is -0.351 e. The summed E-state index contributed by atoms with van der Waals surface area (Å²) in [6.45, 7) is 5.99. The Morgan fingerprint density at radius 2 is 2.22 bits per heavy atom. The maximum absolute atomic E-state index is 12.4. The van der Waals surface area contributed by atoms with Gasteiger partial charge in [-0.05, 0) is 30.9 Å². The van der Waals surface area contributed by atoms with Crippen molar-refractivity contribution in [2.24, 2.45) is 11.8 Å². The molecule has 0 bridgehead atoms. The predicted molar refractivity (Wildman–Crippen MR) is 105 cm³/mol. The Morgan fingerprint density at radius 1 is 1.44 bits per heavy atom. The molecule has 0 radical (unpaired) electrons. The van der Waals surface area contributed by atoms with Crippen LogP contribution in [0.4, 0.5) is 5.69 Å². The van der Waals surface area contributed by atoms with Gasteiger partial charge in [-0.1, -0.05) is 13.0 Å². The van der Waals surface area contributed by atoms with Crippen molar-refractivity contribution in [3.63, 3.8) is 0 Å². The highest BCUT2D eigenvalue weighted by Crippen LogP contribution is 2.39. The van der Waals surface area contributed by atoms with E-state index in [4.69, 9.17) is 0 Å². The van der Waals surface area contributed by atoms with Gasteiger partial charge in [-0.25, -0.2) is 0 Å². The van der Waals surface area contributed by atoms with Gasteiger partial charge in [0.05, 0.1) is 9.80 Å². The lowest BCUT2D eigenvalue weighted by Gasteiger charge is -2.17. The zero-order chi connectivity index (χ0) is 19.6. The highest BCUT2D eigenvalue weighted by atomic mass is 32.1. The zero-order valence-corrected chi connectivity index (χ0v) is 15.8. The molecule has 3 rings (SSSR count). The molecule has 0 aliphatic heterocycles. The Labute approximate surface area is 160 Å². The summed E-state index contributed by atoms with van der Waals surface area (Å²) in [5, 5.41) is 17.3. The molecule has 1 saturated carbocycles. The maximum atomic E-state index is 12.4. The van der Waals surface area contributed by atoms with Crippen molar-refractivity contribution in [2.45, 2.75) is 25.8 Å². The monoisotopic (exact) mass is 387 g/mol. The minimum absolute atomic E-state index is 0.000998. The summed E-state index contributed by atoms with van der Waals surface area (Å²) in [6.07, 6.45) is 3.35. The number of benzene rings is 1. The van der Waals surface area contributed by atoms with Gasteiger partial charge in [-0.2, -0.15) is 0 Å². The van der Waals surface area contributed by atoms with E-state index in [0.717, 1.165) is 11.1 Å². The van der Waals surface area contributed by atoms with Crippen LogP contribution < -0.4 is 10.6 Å². The second kappa shape index (κ2) is 7.87. The van der Waals surface area contributed by atoms with E-state index in [1.165, 1.54) is 23.5 Å². The van der Waals surface area contributed by atoms with Crippen LogP contribution in [0.15, 0.2) is 36.9 Å². The maximum Gasteiger partial charge on any atom is 0.270 e. The number of nitro benzene ring substituents is 1. The molecular formula is C19H21N3O4S. The van der Waals surface area contributed by atoms with Crippen molar-refractivity contribution in [1.82, 2.24) is 10.6 Å². The van der Waals surface area contributed by atoms with Crippen LogP contribution in [-0.4, -0.2) is 29.3 Å². The molecule has 1 aromatic heterocycles. The van der Waals surface area contributed by atoms with Crippen LogP contribution in [-0.2, 0) is 4.79 Å². The number of non-ortho nitro benzene ring substituents is 1. The number of amides is 2. The molecule has 0 saturated heterocycles. The normalized spacial score (nSPS) is 19.3. The number of thiophene rings is 1. The summed E-state index contributed by atoms with van der Waals surface area (Å²) in [6, 6.07) is 6.06. The number of nitrogens with one attached hydrogen (secondary N) is 2. The number of hydrogen-bond donors (Lipinski definition) is 2. The van der Waals surface area contributed by atoms with E-state index < -0.39 is 4.92 Å². The lowest BCUT2D eigenvalue weighted by molar-refractivity contribution is -0.384. The Kier molecular flexibility index (Phi) is 5.55. The first-order chi connectivity index (χ1) is 12.9. The molecular weight excluding hydrogens is 366 g/mol. The van der Waals surface area contributed by atoms with E-state index in [0.29, 0.717) is 23.2 Å². The quantitative estimate of drug-likeness (QED) is 0.412. The van der Waals surface area contributed by atoms with Crippen molar-refractivity contribution < 1.29 is 14.5 Å². The molecule has 0 unspecified atom stereocenters. The van der Waals surface area contributed by atoms with Crippen molar-refractivity contribution >= 4 is 38.9 Å². The average Bonchev–Trinajstić information content (AvgIpc) is 3.33. The lowest BCUT2D eigenvalue weighted by Crippen LogP contribution is -2.44. The van der Waals surface area contributed by atoms with Crippen LogP contribution in [0.3, 0.4) is 0 Å². The number of carbonyl (C=O) groups excluding carboxylic acids is 2. The van der Waals surface area contributed by atoms with E-state index in [-0.39, 0.29) is 35.4 Å².